The van der Waals surface area contributed by atoms with Gasteiger partial charge >= 0.3 is 0 Å². The van der Waals surface area contributed by atoms with Crippen molar-refractivity contribution in [3.05, 3.63) is 33.7 Å². The van der Waals surface area contributed by atoms with Gasteiger partial charge in [-0.3, -0.25) is 4.79 Å². The van der Waals surface area contributed by atoms with Gasteiger partial charge in [0.1, 0.15) is 11.5 Å². The van der Waals surface area contributed by atoms with Crippen LogP contribution in [0.2, 0.25) is 10.0 Å². The van der Waals surface area contributed by atoms with E-state index in [-0.39, 0.29) is 21.6 Å². The van der Waals surface area contributed by atoms with Crippen molar-refractivity contribution in [2.75, 3.05) is 26.2 Å². The number of hydrogen-bond donors (Lipinski definition) is 2. The van der Waals surface area contributed by atoms with E-state index in [9.17, 15) is 9.18 Å². The molecule has 0 atom stereocenters. The number of H-pyrrole nitrogens is 1. The molecule has 4 nitrogen and oxygen atoms in total. The first kappa shape index (κ1) is 13.7. The first-order chi connectivity index (χ1) is 9.59. The van der Waals surface area contributed by atoms with Crippen molar-refractivity contribution in [1.82, 2.24) is 15.2 Å². The average Bonchev–Trinajstić information content (AvgIpc) is 2.81. The lowest BCUT2D eigenvalue weighted by Gasteiger charge is -2.27. The summed E-state index contributed by atoms with van der Waals surface area (Å²) in [5, 5.41) is 3.63. The van der Waals surface area contributed by atoms with Crippen LogP contribution in [0.4, 0.5) is 4.39 Å². The van der Waals surface area contributed by atoms with Crippen LogP contribution in [0.3, 0.4) is 0 Å². The Labute approximate surface area is 124 Å². The summed E-state index contributed by atoms with van der Waals surface area (Å²) in [6.45, 7) is 2.73. The lowest BCUT2D eigenvalue weighted by Crippen LogP contribution is -2.46. The number of benzene rings is 1. The lowest BCUT2D eigenvalue weighted by molar-refractivity contribution is 0.0731. The van der Waals surface area contributed by atoms with Crippen LogP contribution in [-0.2, 0) is 0 Å². The maximum absolute atomic E-state index is 13.5. The van der Waals surface area contributed by atoms with Gasteiger partial charge in [-0.15, -0.1) is 0 Å². The molecule has 0 saturated carbocycles. The topological polar surface area (TPSA) is 48.1 Å². The van der Waals surface area contributed by atoms with E-state index in [1.54, 1.807) is 4.90 Å². The van der Waals surface area contributed by atoms with Crippen LogP contribution in [-0.4, -0.2) is 42.0 Å². The van der Waals surface area contributed by atoms with Crippen molar-refractivity contribution in [3.8, 4) is 0 Å². The van der Waals surface area contributed by atoms with Gasteiger partial charge in [0.15, 0.2) is 0 Å². The third-order valence-corrected chi connectivity index (χ3v) is 4.16. The minimum atomic E-state index is -0.554. The molecular weight excluding hydrogens is 304 g/mol. The molecule has 2 aromatic rings. The Morgan fingerprint density at radius 2 is 1.90 bits per heavy atom. The van der Waals surface area contributed by atoms with E-state index in [1.807, 2.05) is 0 Å². The first-order valence-corrected chi connectivity index (χ1v) is 7.00. The van der Waals surface area contributed by atoms with Crippen LogP contribution in [0, 0.1) is 5.82 Å². The van der Waals surface area contributed by atoms with Crippen LogP contribution in [0.5, 0.6) is 0 Å². The van der Waals surface area contributed by atoms with Crippen molar-refractivity contribution < 1.29 is 9.18 Å². The van der Waals surface area contributed by atoms with Crippen LogP contribution >= 0.6 is 23.2 Å². The van der Waals surface area contributed by atoms with Crippen LogP contribution < -0.4 is 5.32 Å². The summed E-state index contributed by atoms with van der Waals surface area (Å²) in [6, 6.07) is 2.77. The van der Waals surface area contributed by atoms with Crippen LogP contribution in [0.1, 0.15) is 10.5 Å². The van der Waals surface area contributed by atoms with Crippen molar-refractivity contribution in [2.45, 2.75) is 0 Å². The number of aromatic amines is 1. The Hall–Kier alpha value is -1.30. The molecule has 1 amide bonds. The average molecular weight is 316 g/mol. The molecule has 0 unspecified atom stereocenters. The van der Waals surface area contributed by atoms with Crippen molar-refractivity contribution in [1.29, 1.82) is 0 Å². The fourth-order valence-corrected chi connectivity index (χ4v) is 2.99. The van der Waals surface area contributed by atoms with E-state index in [1.165, 1.54) is 12.1 Å². The Bertz CT molecular complexity index is 680. The molecule has 1 aromatic heterocycles. The largest absolute Gasteiger partial charge is 0.349 e. The predicted molar refractivity (Wildman–Crippen MR) is 77.0 cm³/mol. The minimum absolute atomic E-state index is 0.0666. The fraction of sp³-hybridized carbons (Fsp3) is 0.308. The second-order valence-corrected chi connectivity index (χ2v) is 5.40. The molecule has 2 N–H and O–H groups in total. The standard InChI is InChI=1S/C13H12Cl2FN3O/c14-10-7(16)1-2-8-9(10)11(15)12(18-8)13(20)19-5-3-17-4-6-19/h1-2,17-18H,3-6H2. The van der Waals surface area contributed by atoms with E-state index in [0.717, 1.165) is 13.1 Å². The van der Waals surface area contributed by atoms with Crippen LogP contribution in [0.25, 0.3) is 10.9 Å². The zero-order valence-corrected chi connectivity index (χ0v) is 12.0. The number of halogens is 3. The molecule has 0 aliphatic carbocycles. The Balaban J connectivity index is 2.06. The quantitative estimate of drug-likeness (QED) is 0.850. The highest BCUT2D eigenvalue weighted by Crippen LogP contribution is 2.35. The number of carbonyl (C=O) groups is 1. The molecule has 1 aromatic carbocycles. The number of rotatable bonds is 1. The van der Waals surface area contributed by atoms with Crippen molar-refractivity contribution in [3.63, 3.8) is 0 Å². The van der Waals surface area contributed by atoms with Gasteiger partial charge in [-0.25, -0.2) is 4.39 Å². The van der Waals surface area contributed by atoms with Gasteiger partial charge in [0, 0.05) is 37.1 Å². The number of fused-ring (bicyclic) bond motifs is 1. The maximum atomic E-state index is 13.5. The van der Waals surface area contributed by atoms with E-state index >= 15 is 0 Å². The van der Waals surface area contributed by atoms with Gasteiger partial charge in [0.05, 0.1) is 10.0 Å². The molecule has 3 rings (SSSR count). The molecule has 106 valence electrons. The van der Waals surface area contributed by atoms with Gasteiger partial charge in [-0.1, -0.05) is 23.2 Å². The second-order valence-electron chi connectivity index (χ2n) is 4.64. The molecule has 1 aliphatic rings. The van der Waals surface area contributed by atoms with E-state index in [0.29, 0.717) is 24.0 Å². The van der Waals surface area contributed by atoms with E-state index < -0.39 is 5.82 Å². The molecule has 1 saturated heterocycles. The number of nitrogens with zero attached hydrogens (tertiary/aromatic N) is 1. The first-order valence-electron chi connectivity index (χ1n) is 6.24. The number of piperazine rings is 1. The van der Waals surface area contributed by atoms with Crippen molar-refractivity contribution in [2.24, 2.45) is 0 Å². The number of amides is 1. The summed E-state index contributed by atoms with van der Waals surface area (Å²) >= 11 is 12.1. The molecule has 20 heavy (non-hydrogen) atoms. The highest BCUT2D eigenvalue weighted by atomic mass is 35.5. The molecular formula is C13H12Cl2FN3O. The SMILES string of the molecule is O=C(c1[nH]c2ccc(F)c(Cl)c2c1Cl)N1CCNCC1. The Kier molecular flexibility index (Phi) is 3.58. The minimum Gasteiger partial charge on any atom is -0.349 e. The highest BCUT2D eigenvalue weighted by molar-refractivity contribution is 6.44. The van der Waals surface area contributed by atoms with Crippen molar-refractivity contribution >= 4 is 40.0 Å². The number of carbonyl (C=O) groups excluding carboxylic acids is 1. The molecule has 0 bridgehead atoms. The predicted octanol–water partition coefficient (Wildman–Crippen LogP) is 2.66. The highest BCUT2D eigenvalue weighted by Gasteiger charge is 2.24. The van der Waals surface area contributed by atoms with Gasteiger partial charge in [0.2, 0.25) is 0 Å². The summed E-state index contributed by atoms with van der Waals surface area (Å²) < 4.78 is 13.5. The molecule has 0 radical (unpaired) electrons. The molecule has 7 heteroatoms. The summed E-state index contributed by atoms with van der Waals surface area (Å²) in [5.74, 6) is -0.745. The second kappa shape index (κ2) is 5.24. The van der Waals surface area contributed by atoms with Crippen LogP contribution in [0.15, 0.2) is 12.1 Å². The molecule has 2 heterocycles. The lowest BCUT2D eigenvalue weighted by atomic mass is 10.2. The van der Waals surface area contributed by atoms with E-state index in [4.69, 9.17) is 23.2 Å². The fourth-order valence-electron chi connectivity index (χ4n) is 2.36. The maximum Gasteiger partial charge on any atom is 0.271 e. The summed E-state index contributed by atoms with van der Waals surface area (Å²) in [6.07, 6.45) is 0. The van der Waals surface area contributed by atoms with E-state index in [2.05, 4.69) is 10.3 Å². The summed E-state index contributed by atoms with van der Waals surface area (Å²) in [4.78, 5) is 17.1. The normalized spacial score (nSPS) is 15.8. The van der Waals surface area contributed by atoms with Gasteiger partial charge in [0.25, 0.3) is 5.91 Å². The van der Waals surface area contributed by atoms with Gasteiger partial charge < -0.3 is 15.2 Å². The Morgan fingerprint density at radius 3 is 2.60 bits per heavy atom. The number of hydrogen-bond acceptors (Lipinski definition) is 2. The monoisotopic (exact) mass is 315 g/mol. The zero-order valence-electron chi connectivity index (χ0n) is 10.5. The molecule has 1 fully saturated rings. The van der Waals surface area contributed by atoms with Gasteiger partial charge in [-0.2, -0.15) is 0 Å². The third kappa shape index (κ3) is 2.16. The smallest absolute Gasteiger partial charge is 0.271 e. The zero-order chi connectivity index (χ0) is 14.3. The Morgan fingerprint density at radius 1 is 1.20 bits per heavy atom. The third-order valence-electron chi connectivity index (χ3n) is 3.41. The number of aromatic nitrogens is 1. The number of nitrogens with one attached hydrogen (secondary N) is 2. The molecule has 1 aliphatic heterocycles. The summed E-state index contributed by atoms with van der Waals surface area (Å²) in [7, 11) is 0. The summed E-state index contributed by atoms with van der Waals surface area (Å²) in [5.41, 5.74) is 0.816. The molecule has 0 spiro atoms. The van der Waals surface area contributed by atoms with Gasteiger partial charge in [-0.05, 0) is 12.1 Å².